The Morgan fingerprint density at radius 2 is 1.89 bits per heavy atom. The Bertz CT molecular complexity index is 946. The Kier molecular flexibility index (Phi) is 8.72. The molecule has 36 heavy (non-hydrogen) atoms. The van der Waals surface area contributed by atoms with Crippen LogP contribution in [0.2, 0.25) is 0 Å². The molecule has 1 saturated heterocycles. The Hall–Kier alpha value is -2.81. The van der Waals surface area contributed by atoms with Crippen molar-refractivity contribution >= 4 is 23.5 Å². The molecule has 3 aliphatic rings. The van der Waals surface area contributed by atoms with E-state index in [0.29, 0.717) is 35.8 Å². The first-order valence-corrected chi connectivity index (χ1v) is 13.3. The standard InChI is InChI=1S/C27H40N4O5/c1-17(2)29-27(34)30-19-9-12-23-21(13-19)26(33)31(3)22-11-10-20(36-24(22)16-35-23)14-25(32)28-15-18-7-5-4-6-8-18/h9,12-13,17-18,20,22,24H,4-8,10-11,14-16H2,1-3H3,(H,28,32)(H2,29,30,34)/t20-,22-,24-/m0/s1. The number of urea groups is 1. The molecule has 2 heterocycles. The Morgan fingerprint density at radius 3 is 2.64 bits per heavy atom. The van der Waals surface area contributed by atoms with Crippen LogP contribution in [0.1, 0.15) is 75.6 Å². The van der Waals surface area contributed by atoms with E-state index >= 15 is 0 Å². The maximum Gasteiger partial charge on any atom is 0.319 e. The van der Waals surface area contributed by atoms with Gasteiger partial charge in [0.05, 0.1) is 24.1 Å². The molecule has 2 fully saturated rings. The fraction of sp³-hybridized carbons (Fsp3) is 0.667. The first-order valence-electron chi connectivity index (χ1n) is 13.3. The first-order chi connectivity index (χ1) is 17.3. The number of ether oxygens (including phenoxy) is 2. The topological polar surface area (TPSA) is 109 Å². The van der Waals surface area contributed by atoms with Crippen molar-refractivity contribution in [3.63, 3.8) is 0 Å². The summed E-state index contributed by atoms with van der Waals surface area (Å²) in [5.41, 5.74) is 0.927. The number of fused-ring (bicyclic) bond motifs is 2. The van der Waals surface area contributed by atoms with Crippen molar-refractivity contribution < 1.29 is 23.9 Å². The fourth-order valence-corrected chi connectivity index (χ4v) is 5.46. The second-order valence-electron chi connectivity index (χ2n) is 10.6. The quantitative estimate of drug-likeness (QED) is 0.552. The molecule has 3 atom stereocenters. The second-order valence-corrected chi connectivity index (χ2v) is 10.6. The molecule has 1 saturated carbocycles. The fourth-order valence-electron chi connectivity index (χ4n) is 5.46. The highest BCUT2D eigenvalue weighted by molar-refractivity contribution is 5.99. The van der Waals surface area contributed by atoms with Crippen molar-refractivity contribution in [2.45, 2.75) is 89.5 Å². The molecule has 3 N–H and O–H groups in total. The molecule has 0 spiro atoms. The zero-order valence-corrected chi connectivity index (χ0v) is 21.7. The predicted molar refractivity (Wildman–Crippen MR) is 137 cm³/mol. The minimum Gasteiger partial charge on any atom is -0.490 e. The minimum atomic E-state index is -0.327. The van der Waals surface area contributed by atoms with Gasteiger partial charge in [0.2, 0.25) is 5.91 Å². The lowest BCUT2D eigenvalue weighted by molar-refractivity contribution is -0.134. The molecule has 4 amide bonds. The smallest absolute Gasteiger partial charge is 0.319 e. The molecule has 1 aromatic rings. The molecule has 4 rings (SSSR count). The maximum absolute atomic E-state index is 13.4. The highest BCUT2D eigenvalue weighted by Crippen LogP contribution is 2.32. The van der Waals surface area contributed by atoms with E-state index in [2.05, 4.69) is 16.0 Å². The summed E-state index contributed by atoms with van der Waals surface area (Å²) in [5, 5.41) is 8.64. The molecule has 0 bridgehead atoms. The summed E-state index contributed by atoms with van der Waals surface area (Å²) in [6, 6.07) is 4.59. The molecule has 1 aliphatic carbocycles. The summed E-state index contributed by atoms with van der Waals surface area (Å²) in [6.45, 7) is 4.80. The maximum atomic E-state index is 13.4. The van der Waals surface area contributed by atoms with E-state index in [4.69, 9.17) is 9.47 Å². The van der Waals surface area contributed by atoms with E-state index in [9.17, 15) is 14.4 Å². The predicted octanol–water partition coefficient (Wildman–Crippen LogP) is 3.68. The van der Waals surface area contributed by atoms with Crippen LogP contribution in [-0.2, 0) is 9.53 Å². The molecule has 1 aromatic carbocycles. The van der Waals surface area contributed by atoms with Crippen LogP contribution in [0.4, 0.5) is 10.5 Å². The minimum absolute atomic E-state index is 0.000429. The zero-order valence-electron chi connectivity index (χ0n) is 21.7. The number of rotatable bonds is 6. The van der Waals surface area contributed by atoms with Crippen LogP contribution in [0.25, 0.3) is 0 Å². The average Bonchev–Trinajstić information content (AvgIpc) is 2.85. The molecule has 0 radical (unpaired) electrons. The number of carbonyl (C=O) groups is 3. The lowest BCUT2D eigenvalue weighted by atomic mass is 9.89. The SMILES string of the molecule is CC(C)NC(=O)Nc1ccc2c(c1)C(=O)N(C)[C@H]1CC[C@@H](CC(=O)NCC3CCCCC3)O[C@H]1CO2. The van der Waals surface area contributed by atoms with Gasteiger partial charge in [0.15, 0.2) is 0 Å². The van der Waals surface area contributed by atoms with Crippen molar-refractivity contribution in [1.82, 2.24) is 15.5 Å². The lowest BCUT2D eigenvalue weighted by Crippen LogP contribution is -2.54. The van der Waals surface area contributed by atoms with Gasteiger partial charge in [-0.1, -0.05) is 19.3 Å². The monoisotopic (exact) mass is 500 g/mol. The van der Waals surface area contributed by atoms with E-state index in [1.807, 2.05) is 13.8 Å². The molecule has 9 nitrogen and oxygen atoms in total. The number of carbonyl (C=O) groups excluding carboxylic acids is 3. The van der Waals surface area contributed by atoms with Crippen molar-refractivity contribution in [2.24, 2.45) is 5.92 Å². The molecular formula is C27H40N4O5. The van der Waals surface area contributed by atoms with Crippen LogP contribution in [0, 0.1) is 5.92 Å². The van der Waals surface area contributed by atoms with Crippen LogP contribution in [0.3, 0.4) is 0 Å². The zero-order chi connectivity index (χ0) is 25.7. The molecule has 2 aliphatic heterocycles. The van der Waals surface area contributed by atoms with E-state index in [1.54, 1.807) is 30.1 Å². The lowest BCUT2D eigenvalue weighted by Gasteiger charge is -2.42. The average molecular weight is 501 g/mol. The van der Waals surface area contributed by atoms with Crippen LogP contribution in [0.5, 0.6) is 5.75 Å². The van der Waals surface area contributed by atoms with Gasteiger partial charge in [-0.2, -0.15) is 0 Å². The number of nitrogens with one attached hydrogen (secondary N) is 3. The van der Waals surface area contributed by atoms with Crippen LogP contribution in [0.15, 0.2) is 18.2 Å². The highest BCUT2D eigenvalue weighted by atomic mass is 16.5. The number of anilines is 1. The van der Waals surface area contributed by atoms with Crippen LogP contribution >= 0.6 is 0 Å². The van der Waals surface area contributed by atoms with Gasteiger partial charge >= 0.3 is 6.03 Å². The van der Waals surface area contributed by atoms with Gasteiger partial charge in [0, 0.05) is 25.3 Å². The summed E-state index contributed by atoms with van der Waals surface area (Å²) >= 11 is 0. The molecule has 0 aromatic heterocycles. The summed E-state index contributed by atoms with van der Waals surface area (Å²) in [4.78, 5) is 39.7. The molecule has 198 valence electrons. The van der Waals surface area contributed by atoms with E-state index in [1.165, 1.54) is 32.1 Å². The number of hydrogen-bond donors (Lipinski definition) is 3. The van der Waals surface area contributed by atoms with Crippen molar-refractivity contribution in [3.8, 4) is 5.75 Å². The van der Waals surface area contributed by atoms with Gasteiger partial charge in [-0.05, 0) is 63.6 Å². The van der Waals surface area contributed by atoms with E-state index in [0.717, 1.165) is 13.0 Å². The third-order valence-corrected chi connectivity index (χ3v) is 7.42. The second kappa shape index (κ2) is 12.0. The normalized spacial score (nSPS) is 24.6. The summed E-state index contributed by atoms with van der Waals surface area (Å²) in [5.74, 6) is 0.904. The van der Waals surface area contributed by atoms with Gasteiger partial charge in [0.25, 0.3) is 5.91 Å². The number of benzene rings is 1. The van der Waals surface area contributed by atoms with Crippen LogP contribution < -0.4 is 20.7 Å². The third-order valence-electron chi connectivity index (χ3n) is 7.42. The van der Waals surface area contributed by atoms with E-state index < -0.39 is 0 Å². The third kappa shape index (κ3) is 6.69. The number of amides is 4. The molecular weight excluding hydrogens is 460 g/mol. The Labute approximate surface area is 213 Å². The Balaban J connectivity index is 1.35. The largest absolute Gasteiger partial charge is 0.490 e. The number of nitrogens with zero attached hydrogens (tertiary/aromatic N) is 1. The van der Waals surface area contributed by atoms with Gasteiger partial charge in [-0.25, -0.2) is 4.79 Å². The summed E-state index contributed by atoms with van der Waals surface area (Å²) in [7, 11) is 1.78. The first kappa shape index (κ1) is 26.3. The van der Waals surface area contributed by atoms with Gasteiger partial charge in [-0.3, -0.25) is 9.59 Å². The van der Waals surface area contributed by atoms with E-state index in [-0.39, 0.29) is 48.7 Å². The highest BCUT2D eigenvalue weighted by Gasteiger charge is 2.39. The molecule has 9 heteroatoms. The van der Waals surface area contributed by atoms with Crippen LogP contribution in [-0.4, -0.2) is 67.2 Å². The summed E-state index contributed by atoms with van der Waals surface area (Å²) in [6.07, 6.45) is 7.50. The number of hydrogen-bond acceptors (Lipinski definition) is 5. The van der Waals surface area contributed by atoms with Gasteiger partial charge < -0.3 is 30.3 Å². The van der Waals surface area contributed by atoms with Gasteiger partial charge in [0.1, 0.15) is 18.5 Å². The Morgan fingerprint density at radius 1 is 1.11 bits per heavy atom. The van der Waals surface area contributed by atoms with Crippen molar-refractivity contribution in [2.75, 3.05) is 25.5 Å². The van der Waals surface area contributed by atoms with Gasteiger partial charge in [-0.15, -0.1) is 0 Å². The number of likely N-dealkylation sites (N-methyl/N-ethyl adjacent to an activating group) is 1. The van der Waals surface area contributed by atoms with Crippen molar-refractivity contribution in [1.29, 1.82) is 0 Å². The summed E-state index contributed by atoms with van der Waals surface area (Å²) < 4.78 is 12.3. The van der Waals surface area contributed by atoms with Crippen molar-refractivity contribution in [3.05, 3.63) is 23.8 Å². The molecule has 0 unspecified atom stereocenters.